The third-order valence-corrected chi connectivity index (χ3v) is 12.6. The van der Waals surface area contributed by atoms with E-state index in [0.717, 1.165) is 29.2 Å². The van der Waals surface area contributed by atoms with E-state index in [1.54, 1.807) is 48.8 Å². The molecule has 0 saturated heterocycles. The molecule has 0 bridgehead atoms. The second-order valence-electron chi connectivity index (χ2n) is 15.3. The smallest absolute Gasteiger partial charge is 0.429 e. The summed E-state index contributed by atoms with van der Waals surface area (Å²) in [5.74, 6) is -1.59. The third kappa shape index (κ3) is 6.14. The molecule has 1 aromatic heterocycles. The van der Waals surface area contributed by atoms with E-state index in [-0.39, 0.29) is 55.4 Å². The minimum absolute atomic E-state index is 0.0180. The van der Waals surface area contributed by atoms with E-state index in [4.69, 9.17) is 15.2 Å². The van der Waals surface area contributed by atoms with Crippen LogP contribution in [0.1, 0.15) is 63.0 Å². The van der Waals surface area contributed by atoms with Crippen LogP contribution in [0, 0.1) is 28.6 Å². The van der Waals surface area contributed by atoms with Crippen molar-refractivity contribution >= 4 is 40.1 Å². The average molecular weight is 708 g/mol. The number of nitrogens with zero attached hydrogens (tertiary/aromatic N) is 1. The van der Waals surface area contributed by atoms with Crippen LogP contribution in [-0.2, 0) is 30.5 Å². The number of carbonyl (C=O) groups excluding carboxylic acids is 4. The summed E-state index contributed by atoms with van der Waals surface area (Å²) < 4.78 is 10.5. The number of fused-ring (bicyclic) bond motifs is 6. The van der Waals surface area contributed by atoms with Crippen LogP contribution in [-0.4, -0.2) is 63.7 Å². The monoisotopic (exact) mass is 707 g/mol. The number of ether oxygens (including phenoxy) is 2. The van der Waals surface area contributed by atoms with Gasteiger partial charge in [-0.2, -0.15) is 0 Å². The first-order chi connectivity index (χ1) is 24.9. The SMILES string of the molecule is C[C@]12C=CC(=O)C=C1CC[C@@H]1[C@@H]2[C@@H](O)C[C@@]2(C)[C@H]1CC[C@]2(O)C(=O)COC(=O)OCc1ccc([C@@H](CN)C(=O)Nc2ccc3cnccc3c2)cc1. The Balaban J connectivity index is 0.925. The predicted molar refractivity (Wildman–Crippen MR) is 193 cm³/mol. The number of aliphatic hydroxyl groups excluding tert-OH is 1. The highest BCUT2D eigenvalue weighted by atomic mass is 16.7. The molecule has 0 radical (unpaired) electrons. The largest absolute Gasteiger partial charge is 0.509 e. The number of carbonyl (C=O) groups is 4. The second kappa shape index (κ2) is 13.7. The number of benzene rings is 2. The van der Waals surface area contributed by atoms with Crippen molar-refractivity contribution in [2.45, 2.75) is 70.2 Å². The number of allylic oxidation sites excluding steroid dienone is 4. The number of Topliss-reactive ketones (excluding diaryl/α,β-unsaturated/α-hetero) is 1. The number of nitrogens with one attached hydrogen (secondary N) is 1. The number of pyridine rings is 1. The van der Waals surface area contributed by atoms with Gasteiger partial charge >= 0.3 is 6.16 Å². The fourth-order valence-corrected chi connectivity index (χ4v) is 9.85. The standard InChI is InChI=1S/C41H45N3O8/c1-39-14-11-30(45)18-28(39)8-10-31-33-12-15-41(50,40(33,2)19-34(46)36(31)39)35(47)23-52-38(49)51-22-24-3-5-25(6-4-24)32(20-42)37(48)44-29-9-7-27-21-43-16-13-26(27)17-29/h3-7,9,11,13-14,16-18,21,31-34,36,46,50H,8,10,12,15,19-20,22-23,42H2,1-2H3,(H,44,48)/t31-,32+,33-,34-,36+,39-,40-,41-/m0/s1. The highest BCUT2D eigenvalue weighted by Gasteiger charge is 2.68. The molecule has 5 N–H and O–H groups in total. The van der Waals surface area contributed by atoms with Gasteiger partial charge in [0.25, 0.3) is 0 Å². The zero-order valence-corrected chi connectivity index (χ0v) is 29.4. The third-order valence-electron chi connectivity index (χ3n) is 12.6. The predicted octanol–water partition coefficient (Wildman–Crippen LogP) is 5.15. The van der Waals surface area contributed by atoms with Gasteiger partial charge in [0, 0.05) is 46.8 Å². The number of rotatable bonds is 9. The lowest BCUT2D eigenvalue weighted by Gasteiger charge is -2.59. The maximum atomic E-state index is 13.6. The van der Waals surface area contributed by atoms with Crippen molar-refractivity contribution in [2.75, 3.05) is 18.5 Å². The molecule has 3 fully saturated rings. The molecule has 4 aliphatic carbocycles. The summed E-state index contributed by atoms with van der Waals surface area (Å²) in [5, 5.41) is 28.3. The highest BCUT2D eigenvalue weighted by molar-refractivity contribution is 6.01. The van der Waals surface area contributed by atoms with E-state index < -0.39 is 47.0 Å². The normalized spacial score (nSPS) is 31.1. The Morgan fingerprint density at radius 2 is 1.85 bits per heavy atom. The van der Waals surface area contributed by atoms with Crippen molar-refractivity contribution in [3.8, 4) is 0 Å². The molecular weight excluding hydrogens is 662 g/mol. The van der Waals surface area contributed by atoms with Gasteiger partial charge in [-0.3, -0.25) is 19.4 Å². The topological polar surface area (TPSA) is 178 Å². The highest BCUT2D eigenvalue weighted by Crippen LogP contribution is 2.67. The summed E-state index contributed by atoms with van der Waals surface area (Å²) in [6, 6.07) is 14.4. The van der Waals surface area contributed by atoms with Crippen LogP contribution in [0.25, 0.3) is 10.8 Å². The summed E-state index contributed by atoms with van der Waals surface area (Å²) in [4.78, 5) is 55.5. The number of aliphatic hydroxyl groups is 2. The lowest BCUT2D eigenvalue weighted by atomic mass is 9.46. The van der Waals surface area contributed by atoms with Crippen LogP contribution in [0.5, 0.6) is 0 Å². The van der Waals surface area contributed by atoms with Crippen LogP contribution < -0.4 is 11.1 Å². The Morgan fingerprint density at radius 3 is 2.62 bits per heavy atom. The lowest BCUT2D eigenvalue weighted by molar-refractivity contribution is -0.179. The summed E-state index contributed by atoms with van der Waals surface area (Å²) in [6.07, 6.45) is 9.35. The zero-order valence-electron chi connectivity index (χ0n) is 29.4. The van der Waals surface area contributed by atoms with E-state index in [0.29, 0.717) is 23.2 Å². The Kier molecular flexibility index (Phi) is 9.39. The zero-order chi connectivity index (χ0) is 36.8. The van der Waals surface area contributed by atoms with Gasteiger partial charge in [0.2, 0.25) is 11.7 Å². The van der Waals surface area contributed by atoms with Crippen molar-refractivity contribution in [3.63, 3.8) is 0 Å². The molecule has 8 atom stereocenters. The quantitative estimate of drug-likeness (QED) is 0.218. The molecule has 1 amide bonds. The van der Waals surface area contributed by atoms with Crippen LogP contribution in [0.3, 0.4) is 0 Å². The number of amides is 1. The van der Waals surface area contributed by atoms with Gasteiger partial charge in [-0.25, -0.2) is 4.79 Å². The molecule has 0 aliphatic heterocycles. The maximum Gasteiger partial charge on any atom is 0.509 e. The number of hydrogen-bond acceptors (Lipinski definition) is 10. The van der Waals surface area contributed by atoms with Gasteiger partial charge < -0.3 is 30.7 Å². The Labute approximate surface area is 302 Å². The summed E-state index contributed by atoms with van der Waals surface area (Å²) >= 11 is 0. The summed E-state index contributed by atoms with van der Waals surface area (Å²) in [7, 11) is 0. The molecule has 1 heterocycles. The second-order valence-corrected chi connectivity index (χ2v) is 15.3. The van der Waals surface area contributed by atoms with Crippen LogP contribution in [0.15, 0.2) is 84.7 Å². The van der Waals surface area contributed by atoms with Crippen LogP contribution in [0.4, 0.5) is 10.5 Å². The molecule has 3 saturated carbocycles. The van der Waals surface area contributed by atoms with E-state index >= 15 is 0 Å². The van der Waals surface area contributed by atoms with Crippen LogP contribution >= 0.6 is 0 Å². The first-order valence-corrected chi connectivity index (χ1v) is 18.0. The molecule has 7 rings (SSSR count). The minimum Gasteiger partial charge on any atom is -0.429 e. The first kappa shape index (κ1) is 35.7. The molecule has 11 nitrogen and oxygen atoms in total. The fraction of sp³-hybridized carbons (Fsp3) is 0.439. The fourth-order valence-electron chi connectivity index (χ4n) is 9.85. The van der Waals surface area contributed by atoms with Crippen LogP contribution in [0.2, 0.25) is 0 Å². The van der Waals surface area contributed by atoms with Gasteiger partial charge in [0.1, 0.15) is 12.2 Å². The van der Waals surface area contributed by atoms with E-state index in [2.05, 4.69) is 17.2 Å². The molecule has 2 aromatic carbocycles. The molecule has 11 heteroatoms. The molecule has 0 spiro atoms. The lowest BCUT2D eigenvalue weighted by Crippen LogP contribution is -2.61. The number of aromatic nitrogens is 1. The summed E-state index contributed by atoms with van der Waals surface area (Å²) in [5.41, 5.74) is 5.87. The number of nitrogens with two attached hydrogens (primary N) is 1. The van der Waals surface area contributed by atoms with Gasteiger partial charge in [-0.05, 0) is 90.8 Å². The van der Waals surface area contributed by atoms with E-state index in [1.807, 2.05) is 37.3 Å². The Bertz CT molecular complexity index is 1980. The molecule has 4 aliphatic rings. The number of anilines is 1. The number of hydrogen-bond donors (Lipinski definition) is 4. The van der Waals surface area contributed by atoms with Gasteiger partial charge in [-0.1, -0.05) is 55.8 Å². The Hall–Kier alpha value is -4.71. The van der Waals surface area contributed by atoms with Crippen molar-refractivity contribution in [3.05, 3.63) is 95.9 Å². The van der Waals surface area contributed by atoms with Crippen molar-refractivity contribution in [1.82, 2.24) is 4.98 Å². The van der Waals surface area contributed by atoms with E-state index in [1.165, 1.54) is 0 Å². The average Bonchev–Trinajstić information content (AvgIpc) is 3.40. The maximum absolute atomic E-state index is 13.6. The molecule has 3 aromatic rings. The summed E-state index contributed by atoms with van der Waals surface area (Å²) in [6.45, 7) is 3.25. The molecule has 0 unspecified atom stereocenters. The minimum atomic E-state index is -1.77. The van der Waals surface area contributed by atoms with Crippen molar-refractivity contribution in [2.24, 2.45) is 34.3 Å². The van der Waals surface area contributed by atoms with Crippen molar-refractivity contribution in [1.29, 1.82) is 0 Å². The van der Waals surface area contributed by atoms with Crippen molar-refractivity contribution < 1.29 is 38.9 Å². The van der Waals surface area contributed by atoms with Gasteiger partial charge in [0.05, 0.1) is 12.0 Å². The molecule has 52 heavy (non-hydrogen) atoms. The molecule has 272 valence electrons. The van der Waals surface area contributed by atoms with Gasteiger partial charge in [0.15, 0.2) is 12.4 Å². The van der Waals surface area contributed by atoms with E-state index in [9.17, 15) is 29.4 Å². The Morgan fingerprint density at radius 1 is 1.06 bits per heavy atom. The molecular formula is C41H45N3O8. The first-order valence-electron chi connectivity index (χ1n) is 18.0. The van der Waals surface area contributed by atoms with Gasteiger partial charge in [-0.15, -0.1) is 0 Å². The number of ketones is 2.